The minimum atomic E-state index is -1.06. The van der Waals surface area contributed by atoms with E-state index in [2.05, 4.69) is 26.6 Å². The maximum absolute atomic E-state index is 11.9. The van der Waals surface area contributed by atoms with Crippen LogP contribution < -0.4 is 10.6 Å². The molecule has 0 aliphatic carbocycles. The van der Waals surface area contributed by atoms with Crippen LogP contribution in [-0.2, 0) is 0 Å². The lowest BCUT2D eigenvalue weighted by molar-refractivity contribution is 0.0696. The van der Waals surface area contributed by atoms with E-state index in [-0.39, 0.29) is 5.56 Å². The molecule has 2 aromatic carbocycles. The number of rotatable bonds is 3. The van der Waals surface area contributed by atoms with Crippen molar-refractivity contribution >= 4 is 39.3 Å². The molecule has 0 saturated heterocycles. The summed E-state index contributed by atoms with van der Waals surface area (Å²) in [4.78, 5) is 23.0. The van der Waals surface area contributed by atoms with Gasteiger partial charge >= 0.3 is 12.0 Å². The van der Waals surface area contributed by atoms with Crippen LogP contribution >= 0.6 is 15.9 Å². The number of benzene rings is 2. The number of anilines is 2. The number of carboxylic acids is 1. The summed E-state index contributed by atoms with van der Waals surface area (Å²) in [5.74, 6) is -1.06. The molecule has 5 nitrogen and oxygen atoms in total. The van der Waals surface area contributed by atoms with Crippen molar-refractivity contribution in [2.45, 2.75) is 6.92 Å². The zero-order valence-electron chi connectivity index (χ0n) is 11.2. The van der Waals surface area contributed by atoms with Crippen molar-refractivity contribution in [2.75, 3.05) is 10.6 Å². The first kappa shape index (κ1) is 15.1. The number of carbonyl (C=O) groups excluding carboxylic acids is 1. The molecule has 0 bridgehead atoms. The van der Waals surface area contributed by atoms with Crippen LogP contribution in [0.3, 0.4) is 0 Å². The van der Waals surface area contributed by atoms with Crippen molar-refractivity contribution in [1.29, 1.82) is 0 Å². The molecular formula is C15H13BrN2O3. The lowest BCUT2D eigenvalue weighted by Crippen LogP contribution is -2.20. The van der Waals surface area contributed by atoms with Crippen LogP contribution in [0.25, 0.3) is 0 Å². The van der Waals surface area contributed by atoms with E-state index in [1.807, 2.05) is 25.1 Å². The van der Waals surface area contributed by atoms with Gasteiger partial charge in [-0.25, -0.2) is 9.59 Å². The van der Waals surface area contributed by atoms with E-state index in [1.54, 1.807) is 18.2 Å². The highest BCUT2D eigenvalue weighted by Crippen LogP contribution is 2.21. The van der Waals surface area contributed by atoms with E-state index in [9.17, 15) is 9.59 Å². The number of carboxylic acid groups (broad SMARTS) is 1. The van der Waals surface area contributed by atoms with Gasteiger partial charge in [0.1, 0.15) is 0 Å². The molecular weight excluding hydrogens is 336 g/mol. The second kappa shape index (κ2) is 6.41. The molecule has 2 rings (SSSR count). The Bertz CT molecular complexity index is 701. The van der Waals surface area contributed by atoms with E-state index < -0.39 is 12.0 Å². The highest BCUT2D eigenvalue weighted by Gasteiger charge is 2.11. The number of aryl methyl sites for hydroxylation is 1. The fourth-order valence-corrected chi connectivity index (χ4v) is 2.18. The first-order valence-corrected chi connectivity index (χ1v) is 6.93. The molecule has 21 heavy (non-hydrogen) atoms. The van der Waals surface area contributed by atoms with Crippen molar-refractivity contribution < 1.29 is 14.7 Å². The monoisotopic (exact) mass is 348 g/mol. The Morgan fingerprint density at radius 2 is 1.81 bits per heavy atom. The topological polar surface area (TPSA) is 78.4 Å². The number of aromatic carboxylic acids is 1. The van der Waals surface area contributed by atoms with Gasteiger partial charge in [-0.05, 0) is 52.7 Å². The van der Waals surface area contributed by atoms with Gasteiger partial charge in [-0.3, -0.25) is 0 Å². The first-order valence-electron chi connectivity index (χ1n) is 6.14. The lowest BCUT2D eigenvalue weighted by Gasteiger charge is -2.10. The smallest absolute Gasteiger partial charge is 0.336 e. The van der Waals surface area contributed by atoms with Crippen LogP contribution in [-0.4, -0.2) is 17.1 Å². The largest absolute Gasteiger partial charge is 0.478 e. The normalized spacial score (nSPS) is 10.0. The second-order valence-corrected chi connectivity index (χ2v) is 5.25. The number of nitrogens with one attached hydrogen (secondary N) is 2. The Morgan fingerprint density at radius 3 is 2.48 bits per heavy atom. The van der Waals surface area contributed by atoms with E-state index in [0.717, 1.165) is 5.56 Å². The van der Waals surface area contributed by atoms with Crippen molar-refractivity contribution in [2.24, 2.45) is 0 Å². The van der Waals surface area contributed by atoms with Crippen LogP contribution in [0.5, 0.6) is 0 Å². The molecule has 2 amide bonds. The summed E-state index contributed by atoms with van der Waals surface area (Å²) in [5, 5.41) is 14.4. The number of hydrogen-bond acceptors (Lipinski definition) is 2. The molecule has 0 heterocycles. The highest BCUT2D eigenvalue weighted by molar-refractivity contribution is 9.10. The zero-order valence-corrected chi connectivity index (χ0v) is 12.8. The lowest BCUT2D eigenvalue weighted by atomic mass is 10.2. The van der Waals surface area contributed by atoms with Crippen molar-refractivity contribution in [1.82, 2.24) is 0 Å². The number of para-hydroxylation sites is 1. The number of carbonyl (C=O) groups is 2. The predicted octanol–water partition coefficient (Wildman–Crippen LogP) is 4.10. The Morgan fingerprint density at radius 1 is 1.10 bits per heavy atom. The summed E-state index contributed by atoms with van der Waals surface area (Å²) in [6.45, 7) is 1.89. The van der Waals surface area contributed by atoms with E-state index in [1.165, 1.54) is 6.07 Å². The molecule has 0 saturated carbocycles. The molecule has 0 spiro atoms. The van der Waals surface area contributed by atoms with Gasteiger partial charge in [0.2, 0.25) is 0 Å². The van der Waals surface area contributed by atoms with Gasteiger partial charge in [-0.1, -0.05) is 18.2 Å². The van der Waals surface area contributed by atoms with Crippen LogP contribution in [0.1, 0.15) is 15.9 Å². The van der Waals surface area contributed by atoms with Gasteiger partial charge in [0.25, 0.3) is 0 Å². The summed E-state index contributed by atoms with van der Waals surface area (Å²) in [7, 11) is 0. The molecule has 0 aromatic heterocycles. The molecule has 0 aliphatic heterocycles. The first-order chi connectivity index (χ1) is 9.97. The third kappa shape index (κ3) is 3.82. The fourth-order valence-electron chi connectivity index (χ4n) is 1.76. The standard InChI is InChI=1S/C15H13BrN2O3/c1-9-4-2-3-5-13(9)18-15(21)17-10-6-7-12(16)11(8-10)14(19)20/h2-8H,1H3,(H,19,20)(H2,17,18,21). The minimum absolute atomic E-state index is 0.0868. The van der Waals surface area contributed by atoms with Gasteiger partial charge < -0.3 is 15.7 Å². The number of urea groups is 1. The summed E-state index contributed by atoms with van der Waals surface area (Å²) < 4.78 is 0.458. The molecule has 108 valence electrons. The summed E-state index contributed by atoms with van der Waals surface area (Å²) in [6.07, 6.45) is 0. The van der Waals surface area contributed by atoms with Crippen LogP contribution in [0.15, 0.2) is 46.9 Å². The van der Waals surface area contributed by atoms with Crippen LogP contribution in [0.2, 0.25) is 0 Å². The highest BCUT2D eigenvalue weighted by atomic mass is 79.9. The minimum Gasteiger partial charge on any atom is -0.478 e. The van der Waals surface area contributed by atoms with E-state index in [0.29, 0.717) is 15.8 Å². The van der Waals surface area contributed by atoms with Gasteiger partial charge in [0.15, 0.2) is 0 Å². The summed E-state index contributed by atoms with van der Waals surface area (Å²) >= 11 is 3.15. The van der Waals surface area contributed by atoms with E-state index in [4.69, 9.17) is 5.11 Å². The molecule has 0 aliphatic rings. The fraction of sp³-hybridized carbons (Fsp3) is 0.0667. The predicted molar refractivity (Wildman–Crippen MR) is 84.9 cm³/mol. The molecule has 3 N–H and O–H groups in total. The third-order valence-electron chi connectivity index (χ3n) is 2.85. The number of hydrogen-bond donors (Lipinski definition) is 3. The zero-order chi connectivity index (χ0) is 15.4. The van der Waals surface area contributed by atoms with E-state index >= 15 is 0 Å². The Labute approximate surface area is 130 Å². The maximum Gasteiger partial charge on any atom is 0.336 e. The Balaban J connectivity index is 2.12. The van der Waals surface area contributed by atoms with Crippen molar-refractivity contribution in [3.63, 3.8) is 0 Å². The SMILES string of the molecule is Cc1ccccc1NC(=O)Nc1ccc(Br)c(C(=O)O)c1. The molecule has 6 heteroatoms. The quantitative estimate of drug-likeness (QED) is 0.781. The van der Waals surface area contributed by atoms with Crippen molar-refractivity contribution in [3.8, 4) is 0 Å². The molecule has 0 fully saturated rings. The van der Waals surface area contributed by atoms with Crippen molar-refractivity contribution in [3.05, 3.63) is 58.1 Å². The molecule has 0 atom stereocenters. The molecule has 0 radical (unpaired) electrons. The molecule has 2 aromatic rings. The van der Waals surface area contributed by atoms with Gasteiger partial charge in [0.05, 0.1) is 5.56 Å². The number of amides is 2. The average molecular weight is 349 g/mol. The Kier molecular flexibility index (Phi) is 4.59. The van der Waals surface area contributed by atoms with Gasteiger partial charge in [-0.2, -0.15) is 0 Å². The summed E-state index contributed by atoms with van der Waals surface area (Å²) in [6, 6.07) is 11.5. The summed E-state index contributed by atoms with van der Waals surface area (Å²) in [5.41, 5.74) is 2.13. The Hall–Kier alpha value is -2.34. The number of halogens is 1. The average Bonchev–Trinajstić information content (AvgIpc) is 2.43. The maximum atomic E-state index is 11.9. The van der Waals surface area contributed by atoms with Gasteiger partial charge in [0, 0.05) is 15.8 Å². The third-order valence-corrected chi connectivity index (χ3v) is 3.54. The molecule has 0 unspecified atom stereocenters. The second-order valence-electron chi connectivity index (χ2n) is 4.39. The van der Waals surface area contributed by atoms with Crippen LogP contribution in [0.4, 0.5) is 16.2 Å². The van der Waals surface area contributed by atoms with Gasteiger partial charge in [-0.15, -0.1) is 0 Å². The van der Waals surface area contributed by atoms with Crippen LogP contribution in [0, 0.1) is 6.92 Å².